The molecule has 0 heterocycles. The highest BCUT2D eigenvalue weighted by Gasteiger charge is 2.41. The molecule has 0 bridgehead atoms. The van der Waals surface area contributed by atoms with Crippen LogP contribution < -0.4 is 5.73 Å². The second-order valence-corrected chi connectivity index (χ2v) is 6.13. The fourth-order valence-electron chi connectivity index (χ4n) is 3.16. The molecule has 1 atom stereocenters. The quantitative estimate of drug-likeness (QED) is 0.720. The van der Waals surface area contributed by atoms with Crippen molar-refractivity contribution < 1.29 is 0 Å². The van der Waals surface area contributed by atoms with E-state index < -0.39 is 0 Å². The first-order valence-electron chi connectivity index (χ1n) is 7.16. The van der Waals surface area contributed by atoms with Gasteiger partial charge in [0.2, 0.25) is 0 Å². The molecule has 0 saturated heterocycles. The third kappa shape index (κ3) is 2.60. The predicted octanol–water partition coefficient (Wildman–Crippen LogP) is 2.77. The molecule has 1 unspecified atom stereocenters. The lowest BCUT2D eigenvalue weighted by Crippen LogP contribution is -2.54. The van der Waals surface area contributed by atoms with Crippen LogP contribution in [0.15, 0.2) is 0 Å². The Morgan fingerprint density at radius 1 is 1.25 bits per heavy atom. The van der Waals surface area contributed by atoms with E-state index in [4.69, 9.17) is 5.73 Å². The van der Waals surface area contributed by atoms with Crippen molar-refractivity contribution in [2.75, 3.05) is 13.1 Å². The molecule has 2 N–H and O–H groups in total. The van der Waals surface area contributed by atoms with Crippen molar-refractivity contribution in [2.24, 2.45) is 11.7 Å². The average Bonchev–Trinajstić information content (AvgIpc) is 3.03. The first-order valence-corrected chi connectivity index (χ1v) is 7.16. The van der Waals surface area contributed by atoms with Gasteiger partial charge in [-0.1, -0.05) is 26.2 Å². The third-order valence-electron chi connectivity index (χ3n) is 4.54. The van der Waals surface area contributed by atoms with Gasteiger partial charge in [0.05, 0.1) is 0 Å². The molecule has 0 radical (unpaired) electrons. The molecule has 16 heavy (non-hydrogen) atoms. The molecular formula is C14H28N2. The third-order valence-corrected chi connectivity index (χ3v) is 4.54. The minimum Gasteiger partial charge on any atom is -0.329 e. The van der Waals surface area contributed by atoms with E-state index in [1.54, 1.807) is 0 Å². The summed E-state index contributed by atoms with van der Waals surface area (Å²) in [5, 5.41) is 0. The summed E-state index contributed by atoms with van der Waals surface area (Å²) in [6.07, 6.45) is 9.74. The van der Waals surface area contributed by atoms with Crippen molar-refractivity contribution in [2.45, 2.75) is 70.4 Å². The highest BCUT2D eigenvalue weighted by molar-refractivity contribution is 4.98. The summed E-state index contributed by atoms with van der Waals surface area (Å²) in [6, 6.07) is 0.855. The maximum absolute atomic E-state index is 6.09. The summed E-state index contributed by atoms with van der Waals surface area (Å²) < 4.78 is 0. The summed E-state index contributed by atoms with van der Waals surface area (Å²) >= 11 is 0. The van der Waals surface area contributed by atoms with Crippen molar-refractivity contribution in [3.8, 4) is 0 Å². The van der Waals surface area contributed by atoms with Crippen LogP contribution in [0.1, 0.15) is 58.8 Å². The Balaban J connectivity index is 1.97. The van der Waals surface area contributed by atoms with Crippen LogP contribution in [0.2, 0.25) is 0 Å². The van der Waals surface area contributed by atoms with Gasteiger partial charge in [0.25, 0.3) is 0 Å². The second-order valence-electron chi connectivity index (χ2n) is 6.13. The number of nitrogens with zero attached hydrogens (tertiary/aromatic N) is 1. The normalized spacial score (nSPS) is 25.5. The largest absolute Gasteiger partial charge is 0.329 e. The zero-order valence-electron chi connectivity index (χ0n) is 11.0. The molecule has 0 aromatic carbocycles. The van der Waals surface area contributed by atoms with E-state index in [-0.39, 0.29) is 5.54 Å². The Labute approximate surface area is 101 Å². The summed E-state index contributed by atoms with van der Waals surface area (Å²) in [5.41, 5.74) is 6.37. The van der Waals surface area contributed by atoms with Gasteiger partial charge >= 0.3 is 0 Å². The van der Waals surface area contributed by atoms with E-state index in [0.717, 1.165) is 18.5 Å². The predicted molar refractivity (Wildman–Crippen MR) is 69.4 cm³/mol. The summed E-state index contributed by atoms with van der Waals surface area (Å²) in [7, 11) is 0. The molecule has 0 spiro atoms. The molecule has 2 nitrogen and oxygen atoms in total. The van der Waals surface area contributed by atoms with Crippen LogP contribution in [0.25, 0.3) is 0 Å². The van der Waals surface area contributed by atoms with Gasteiger partial charge in [-0.3, -0.25) is 4.90 Å². The van der Waals surface area contributed by atoms with E-state index in [2.05, 4.69) is 18.7 Å². The van der Waals surface area contributed by atoms with Gasteiger partial charge in [0, 0.05) is 18.1 Å². The molecule has 2 rings (SSSR count). The molecule has 2 saturated carbocycles. The number of nitrogens with two attached hydrogens (primary N) is 1. The van der Waals surface area contributed by atoms with Gasteiger partial charge in [0.15, 0.2) is 0 Å². The molecule has 2 heteroatoms. The Bertz CT molecular complexity index is 221. The zero-order valence-corrected chi connectivity index (χ0v) is 11.0. The summed E-state index contributed by atoms with van der Waals surface area (Å²) in [4.78, 5) is 2.73. The molecule has 0 amide bonds. The summed E-state index contributed by atoms with van der Waals surface area (Å²) in [6.45, 7) is 6.76. The molecule has 0 aliphatic heterocycles. The first-order chi connectivity index (χ1) is 7.69. The smallest absolute Gasteiger partial charge is 0.0309 e. The molecule has 2 aliphatic carbocycles. The highest BCUT2D eigenvalue weighted by atomic mass is 15.2. The van der Waals surface area contributed by atoms with Crippen LogP contribution in [0.5, 0.6) is 0 Å². The van der Waals surface area contributed by atoms with Crippen LogP contribution in [-0.4, -0.2) is 29.6 Å². The van der Waals surface area contributed by atoms with E-state index in [1.807, 2.05) is 0 Å². The maximum atomic E-state index is 6.09. The van der Waals surface area contributed by atoms with Crippen molar-refractivity contribution in [3.63, 3.8) is 0 Å². The second kappa shape index (κ2) is 5.05. The van der Waals surface area contributed by atoms with Crippen molar-refractivity contribution in [3.05, 3.63) is 0 Å². The van der Waals surface area contributed by atoms with E-state index in [1.165, 1.54) is 51.5 Å². The minimum absolute atomic E-state index is 0.280. The molecule has 2 aliphatic rings. The van der Waals surface area contributed by atoms with Gasteiger partial charge in [-0.05, 0) is 45.1 Å². The highest BCUT2D eigenvalue weighted by Crippen LogP contribution is 2.40. The topological polar surface area (TPSA) is 29.3 Å². The van der Waals surface area contributed by atoms with Crippen LogP contribution in [0.3, 0.4) is 0 Å². The van der Waals surface area contributed by atoms with Crippen molar-refractivity contribution in [1.29, 1.82) is 0 Å². The van der Waals surface area contributed by atoms with E-state index >= 15 is 0 Å². The Kier molecular flexibility index (Phi) is 3.91. The Morgan fingerprint density at radius 3 is 2.31 bits per heavy atom. The fraction of sp³-hybridized carbons (Fsp3) is 1.00. The number of hydrogen-bond acceptors (Lipinski definition) is 2. The average molecular weight is 224 g/mol. The fourth-order valence-corrected chi connectivity index (χ4v) is 3.16. The Morgan fingerprint density at radius 2 is 1.94 bits per heavy atom. The zero-order chi connectivity index (χ0) is 11.6. The standard InChI is InChI=1S/C14H28N2/c1-3-9-16(13-7-8-13)14(2,11-15)10-12-5-4-6-12/h12-13H,3-11,15H2,1-2H3. The Hall–Kier alpha value is -0.0800. The van der Waals surface area contributed by atoms with Gasteiger partial charge in [0.1, 0.15) is 0 Å². The lowest BCUT2D eigenvalue weighted by Gasteiger charge is -2.45. The molecule has 0 aromatic heterocycles. The number of rotatable bonds is 7. The van der Waals surface area contributed by atoms with Crippen LogP contribution >= 0.6 is 0 Å². The van der Waals surface area contributed by atoms with Crippen LogP contribution in [0, 0.1) is 5.92 Å². The van der Waals surface area contributed by atoms with Gasteiger partial charge in [-0.15, -0.1) is 0 Å². The van der Waals surface area contributed by atoms with E-state index in [0.29, 0.717) is 0 Å². The number of hydrogen-bond donors (Lipinski definition) is 1. The van der Waals surface area contributed by atoms with Gasteiger partial charge in [-0.2, -0.15) is 0 Å². The lowest BCUT2D eigenvalue weighted by atomic mass is 9.75. The van der Waals surface area contributed by atoms with Crippen molar-refractivity contribution in [1.82, 2.24) is 4.90 Å². The minimum atomic E-state index is 0.280. The van der Waals surface area contributed by atoms with E-state index in [9.17, 15) is 0 Å². The lowest BCUT2D eigenvalue weighted by molar-refractivity contribution is 0.0604. The molecule has 2 fully saturated rings. The van der Waals surface area contributed by atoms with Crippen molar-refractivity contribution >= 4 is 0 Å². The van der Waals surface area contributed by atoms with Crippen LogP contribution in [0.4, 0.5) is 0 Å². The molecule has 94 valence electrons. The maximum Gasteiger partial charge on any atom is 0.0309 e. The van der Waals surface area contributed by atoms with Gasteiger partial charge in [-0.25, -0.2) is 0 Å². The molecule has 0 aromatic rings. The van der Waals surface area contributed by atoms with Gasteiger partial charge < -0.3 is 5.73 Å². The monoisotopic (exact) mass is 224 g/mol. The summed E-state index contributed by atoms with van der Waals surface area (Å²) in [5.74, 6) is 0.964. The SMILES string of the molecule is CCCN(C1CC1)C(C)(CN)CC1CCC1. The van der Waals surface area contributed by atoms with Crippen LogP contribution in [-0.2, 0) is 0 Å². The first kappa shape index (κ1) is 12.4. The molecular weight excluding hydrogens is 196 g/mol.